The van der Waals surface area contributed by atoms with E-state index >= 15 is 0 Å². The predicted octanol–water partition coefficient (Wildman–Crippen LogP) is 1.06. The van der Waals surface area contributed by atoms with E-state index in [4.69, 9.17) is 5.73 Å². The first kappa shape index (κ1) is 14.5. The summed E-state index contributed by atoms with van der Waals surface area (Å²) in [7, 11) is 2.04. The van der Waals surface area contributed by atoms with Gasteiger partial charge < -0.3 is 10.6 Å². The summed E-state index contributed by atoms with van der Waals surface area (Å²) in [6.45, 7) is 5.67. The first-order valence-electron chi connectivity index (χ1n) is 6.86. The number of amides is 1. The number of nitrogens with two attached hydrogens (primary N) is 1. The average Bonchev–Trinajstić information content (AvgIpc) is 2.86. The fraction of sp³-hybridized carbons (Fsp3) is 0.923. The van der Waals surface area contributed by atoms with E-state index in [1.807, 2.05) is 18.9 Å². The third-order valence-corrected chi connectivity index (χ3v) is 3.65. The normalized spacial score (nSPS) is 17.8. The highest BCUT2D eigenvalue weighted by Crippen LogP contribution is 2.11. The van der Waals surface area contributed by atoms with Gasteiger partial charge in [-0.05, 0) is 52.7 Å². The molecule has 0 aromatic heterocycles. The Morgan fingerprint density at radius 3 is 2.53 bits per heavy atom. The van der Waals surface area contributed by atoms with Crippen LogP contribution in [0.4, 0.5) is 0 Å². The molecule has 1 fully saturated rings. The Morgan fingerprint density at radius 2 is 1.94 bits per heavy atom. The van der Waals surface area contributed by atoms with Gasteiger partial charge in [0.2, 0.25) is 5.91 Å². The fourth-order valence-corrected chi connectivity index (χ4v) is 2.27. The molecule has 4 heteroatoms. The van der Waals surface area contributed by atoms with Gasteiger partial charge in [0.15, 0.2) is 0 Å². The smallest absolute Gasteiger partial charge is 0.239 e. The summed E-state index contributed by atoms with van der Waals surface area (Å²) in [4.78, 5) is 16.3. The monoisotopic (exact) mass is 241 g/mol. The van der Waals surface area contributed by atoms with Crippen LogP contribution in [0.1, 0.15) is 39.0 Å². The quantitative estimate of drug-likeness (QED) is 0.678. The summed E-state index contributed by atoms with van der Waals surface area (Å²) in [5.74, 6) is 0.295. The number of hydrogen-bond donors (Lipinski definition) is 1. The van der Waals surface area contributed by atoms with Gasteiger partial charge in [-0.3, -0.25) is 9.69 Å². The zero-order chi connectivity index (χ0) is 12.7. The Bertz CT molecular complexity index is 227. The van der Waals surface area contributed by atoms with E-state index < -0.39 is 0 Å². The van der Waals surface area contributed by atoms with E-state index in [2.05, 4.69) is 4.90 Å². The van der Waals surface area contributed by atoms with E-state index in [0.717, 1.165) is 45.4 Å². The lowest BCUT2D eigenvalue weighted by molar-refractivity contribution is -0.134. The van der Waals surface area contributed by atoms with Crippen LogP contribution in [0.25, 0.3) is 0 Å². The third kappa shape index (κ3) is 4.64. The lowest BCUT2D eigenvalue weighted by Gasteiger charge is -2.27. The highest BCUT2D eigenvalue weighted by atomic mass is 16.2. The van der Waals surface area contributed by atoms with Gasteiger partial charge in [-0.25, -0.2) is 0 Å². The fourth-order valence-electron chi connectivity index (χ4n) is 2.27. The molecule has 0 aromatic carbocycles. The van der Waals surface area contributed by atoms with Crippen LogP contribution in [0.15, 0.2) is 0 Å². The maximum atomic E-state index is 12.1. The first-order valence-corrected chi connectivity index (χ1v) is 6.86. The Hall–Kier alpha value is -0.610. The van der Waals surface area contributed by atoms with Crippen molar-refractivity contribution in [2.75, 3.05) is 33.2 Å². The minimum Gasteiger partial charge on any atom is -0.341 e. The first-order chi connectivity index (χ1) is 8.16. The lowest BCUT2D eigenvalue weighted by Crippen LogP contribution is -2.44. The molecule has 1 saturated heterocycles. The van der Waals surface area contributed by atoms with E-state index in [-0.39, 0.29) is 6.04 Å². The molecule has 1 unspecified atom stereocenters. The number of hydrogen-bond acceptors (Lipinski definition) is 3. The van der Waals surface area contributed by atoms with Gasteiger partial charge in [-0.2, -0.15) is 0 Å². The van der Waals surface area contributed by atoms with Crippen molar-refractivity contribution in [3.63, 3.8) is 0 Å². The van der Waals surface area contributed by atoms with Crippen LogP contribution >= 0.6 is 0 Å². The van der Waals surface area contributed by atoms with Crippen molar-refractivity contribution in [2.45, 2.75) is 45.1 Å². The van der Waals surface area contributed by atoms with Crippen LogP contribution < -0.4 is 5.73 Å². The number of nitrogens with zero attached hydrogens (tertiary/aromatic N) is 2. The van der Waals surface area contributed by atoms with Crippen LogP contribution in [0.5, 0.6) is 0 Å². The number of carbonyl (C=O) groups excluding carboxylic acids is 1. The highest BCUT2D eigenvalue weighted by Gasteiger charge is 2.25. The second-order valence-corrected chi connectivity index (χ2v) is 5.04. The van der Waals surface area contributed by atoms with Crippen molar-refractivity contribution in [3.05, 3.63) is 0 Å². The molecule has 4 nitrogen and oxygen atoms in total. The maximum Gasteiger partial charge on any atom is 0.239 e. The van der Waals surface area contributed by atoms with Crippen molar-refractivity contribution < 1.29 is 4.79 Å². The van der Waals surface area contributed by atoms with Gasteiger partial charge in [-0.1, -0.05) is 6.42 Å². The minimum atomic E-state index is 0.0194. The molecule has 100 valence electrons. The van der Waals surface area contributed by atoms with Crippen molar-refractivity contribution >= 4 is 5.91 Å². The molecule has 0 aromatic rings. The summed E-state index contributed by atoms with van der Waals surface area (Å²) in [6, 6.07) is 0.0194. The molecule has 1 amide bonds. The summed E-state index contributed by atoms with van der Waals surface area (Å²) in [5, 5.41) is 0. The molecule has 1 heterocycles. The third-order valence-electron chi connectivity index (χ3n) is 3.65. The number of likely N-dealkylation sites (N-methyl/N-ethyl adjacent to an activating group) is 1. The van der Waals surface area contributed by atoms with Crippen LogP contribution in [0.2, 0.25) is 0 Å². The summed E-state index contributed by atoms with van der Waals surface area (Å²) in [6.07, 6.45) is 5.70. The van der Waals surface area contributed by atoms with Crippen LogP contribution in [0.3, 0.4) is 0 Å². The molecule has 0 radical (unpaired) electrons. The van der Waals surface area contributed by atoms with E-state index in [1.165, 1.54) is 12.8 Å². The van der Waals surface area contributed by atoms with Gasteiger partial charge >= 0.3 is 0 Å². The summed E-state index contributed by atoms with van der Waals surface area (Å²) >= 11 is 0. The number of likely N-dealkylation sites (tertiary alicyclic amines) is 1. The largest absolute Gasteiger partial charge is 0.341 e. The summed E-state index contributed by atoms with van der Waals surface area (Å²) in [5.41, 5.74) is 5.46. The highest BCUT2D eigenvalue weighted by molar-refractivity contribution is 5.81. The van der Waals surface area contributed by atoms with Crippen LogP contribution in [-0.2, 0) is 4.79 Å². The van der Waals surface area contributed by atoms with Crippen molar-refractivity contribution in [1.29, 1.82) is 0 Å². The minimum absolute atomic E-state index is 0.0194. The van der Waals surface area contributed by atoms with Gasteiger partial charge in [0, 0.05) is 13.1 Å². The summed E-state index contributed by atoms with van der Waals surface area (Å²) < 4.78 is 0. The Balaban J connectivity index is 2.24. The standard InChI is InChI=1S/C13H27N3O/c1-12(13(17)16-10-6-7-11-16)15(2)9-5-3-4-8-14/h12H,3-11,14H2,1-2H3. The average molecular weight is 241 g/mol. The topological polar surface area (TPSA) is 49.6 Å². The second kappa shape index (κ2) is 7.67. The lowest BCUT2D eigenvalue weighted by atomic mass is 10.2. The van der Waals surface area contributed by atoms with E-state index in [9.17, 15) is 4.79 Å². The Morgan fingerprint density at radius 1 is 1.29 bits per heavy atom. The van der Waals surface area contributed by atoms with Gasteiger partial charge in [0.05, 0.1) is 6.04 Å². The van der Waals surface area contributed by atoms with Crippen molar-refractivity contribution in [2.24, 2.45) is 5.73 Å². The number of carbonyl (C=O) groups is 1. The molecule has 2 N–H and O–H groups in total. The van der Waals surface area contributed by atoms with Crippen LogP contribution in [-0.4, -0.2) is 55.0 Å². The maximum absolute atomic E-state index is 12.1. The zero-order valence-electron chi connectivity index (χ0n) is 11.3. The number of rotatable bonds is 7. The molecule has 1 atom stereocenters. The van der Waals surface area contributed by atoms with Gasteiger partial charge in [-0.15, -0.1) is 0 Å². The molecule has 0 spiro atoms. The zero-order valence-corrected chi connectivity index (χ0v) is 11.3. The van der Waals surface area contributed by atoms with E-state index in [1.54, 1.807) is 0 Å². The second-order valence-electron chi connectivity index (χ2n) is 5.04. The van der Waals surface area contributed by atoms with Crippen molar-refractivity contribution in [1.82, 2.24) is 9.80 Å². The Labute approximate surface area is 105 Å². The number of unbranched alkanes of at least 4 members (excludes halogenated alkanes) is 2. The SMILES string of the molecule is CC(C(=O)N1CCCC1)N(C)CCCCCN. The molecule has 1 rings (SSSR count). The molecule has 0 bridgehead atoms. The molecule has 0 saturated carbocycles. The van der Waals surface area contributed by atoms with Crippen molar-refractivity contribution in [3.8, 4) is 0 Å². The van der Waals surface area contributed by atoms with Gasteiger partial charge in [0.1, 0.15) is 0 Å². The molecule has 1 aliphatic heterocycles. The predicted molar refractivity (Wildman–Crippen MR) is 70.8 cm³/mol. The molecule has 0 aliphatic carbocycles. The molecule has 17 heavy (non-hydrogen) atoms. The Kier molecular flexibility index (Phi) is 6.52. The molecule has 1 aliphatic rings. The molecular formula is C13H27N3O. The van der Waals surface area contributed by atoms with Crippen LogP contribution in [0, 0.1) is 0 Å². The van der Waals surface area contributed by atoms with Gasteiger partial charge in [0.25, 0.3) is 0 Å². The van der Waals surface area contributed by atoms with E-state index in [0.29, 0.717) is 5.91 Å². The molecular weight excluding hydrogens is 214 g/mol.